The normalized spacial score (nSPS) is 15.1. The number of alkyl halides is 3. The van der Waals surface area contributed by atoms with Crippen LogP contribution in [0.4, 0.5) is 24.8 Å². The Morgan fingerprint density at radius 2 is 1.90 bits per heavy atom. The highest BCUT2D eigenvalue weighted by Crippen LogP contribution is 2.38. The minimum absolute atomic E-state index is 0.170. The summed E-state index contributed by atoms with van der Waals surface area (Å²) in [7, 11) is 0. The van der Waals surface area contributed by atoms with Crippen molar-refractivity contribution in [3.05, 3.63) is 36.0 Å². The molecule has 0 spiro atoms. The van der Waals surface area contributed by atoms with Crippen molar-refractivity contribution in [2.24, 2.45) is 0 Å². The van der Waals surface area contributed by atoms with Gasteiger partial charge in [-0.3, -0.25) is 0 Å². The molecule has 1 aromatic heterocycles. The van der Waals surface area contributed by atoms with Crippen molar-refractivity contribution in [1.82, 2.24) is 9.97 Å². The van der Waals surface area contributed by atoms with Gasteiger partial charge in [0.15, 0.2) is 0 Å². The molecule has 2 aromatic rings. The van der Waals surface area contributed by atoms with E-state index in [9.17, 15) is 13.2 Å². The number of anilines is 2. The average molecular weight is 423 g/mol. The van der Waals surface area contributed by atoms with E-state index < -0.39 is 17.6 Å². The van der Waals surface area contributed by atoms with E-state index in [1.54, 1.807) is 4.90 Å². The maximum absolute atomic E-state index is 13.5. The van der Waals surface area contributed by atoms with Crippen LogP contribution >= 0.6 is 0 Å². The minimum Gasteiger partial charge on any atom is -0.494 e. The van der Waals surface area contributed by atoms with Crippen LogP contribution in [0.3, 0.4) is 0 Å². The van der Waals surface area contributed by atoms with Gasteiger partial charge in [0.25, 0.3) is 0 Å². The summed E-state index contributed by atoms with van der Waals surface area (Å²) in [6, 6.07) is 7.37. The molecule has 30 heavy (non-hydrogen) atoms. The van der Waals surface area contributed by atoms with Crippen LogP contribution in [-0.2, 0) is 6.18 Å². The molecular weight excluding hydrogens is 395 g/mol. The topological polar surface area (TPSA) is 47.5 Å². The molecule has 1 fully saturated rings. The zero-order valence-electron chi connectivity index (χ0n) is 17.4. The van der Waals surface area contributed by atoms with Gasteiger partial charge in [-0.15, -0.1) is 0 Å². The Bertz CT molecular complexity index is 824. The van der Waals surface area contributed by atoms with Crippen molar-refractivity contribution in [2.45, 2.75) is 64.7 Å². The number of hydrogen-bond acceptors (Lipinski definition) is 5. The van der Waals surface area contributed by atoms with E-state index in [1.807, 2.05) is 38.1 Å². The molecule has 1 saturated carbocycles. The molecule has 0 radical (unpaired) electrons. The lowest BCUT2D eigenvalue weighted by molar-refractivity contribution is -0.140. The lowest BCUT2D eigenvalue weighted by Crippen LogP contribution is -2.24. The molecule has 0 N–H and O–H groups in total. The molecule has 0 saturated heterocycles. The highest BCUT2D eigenvalue weighted by atomic mass is 19.4. The van der Waals surface area contributed by atoms with Gasteiger partial charge < -0.3 is 14.4 Å². The van der Waals surface area contributed by atoms with Gasteiger partial charge in [0, 0.05) is 24.5 Å². The lowest BCUT2D eigenvalue weighted by atomic mass is 9.98. The minimum atomic E-state index is -4.58. The van der Waals surface area contributed by atoms with Crippen LogP contribution in [0.5, 0.6) is 11.6 Å². The molecule has 0 atom stereocenters. The van der Waals surface area contributed by atoms with Crippen LogP contribution in [0.1, 0.15) is 57.9 Å². The molecular formula is C22H28F3N3O2. The summed E-state index contributed by atoms with van der Waals surface area (Å²) < 4.78 is 52.0. The molecule has 1 aromatic carbocycles. The molecule has 3 rings (SSSR count). The van der Waals surface area contributed by atoms with Gasteiger partial charge in [0.2, 0.25) is 11.8 Å². The number of benzene rings is 1. The highest BCUT2D eigenvalue weighted by molar-refractivity contribution is 5.59. The number of hydrogen-bond donors (Lipinski definition) is 0. The molecule has 0 amide bonds. The summed E-state index contributed by atoms with van der Waals surface area (Å²) in [4.78, 5) is 9.96. The van der Waals surface area contributed by atoms with Crippen LogP contribution in [0, 0.1) is 0 Å². The second-order valence-corrected chi connectivity index (χ2v) is 7.35. The van der Waals surface area contributed by atoms with Crippen LogP contribution in [-0.4, -0.2) is 29.2 Å². The van der Waals surface area contributed by atoms with Crippen LogP contribution in [0.2, 0.25) is 0 Å². The van der Waals surface area contributed by atoms with Gasteiger partial charge in [-0.25, -0.2) is 4.98 Å². The fourth-order valence-electron chi connectivity index (χ4n) is 3.51. The Labute approximate surface area is 175 Å². The second kappa shape index (κ2) is 10.00. The molecule has 1 aliphatic rings. The van der Waals surface area contributed by atoms with Gasteiger partial charge in [-0.2, -0.15) is 18.2 Å². The molecule has 0 bridgehead atoms. The van der Waals surface area contributed by atoms with E-state index in [2.05, 4.69) is 9.97 Å². The highest BCUT2D eigenvalue weighted by Gasteiger charge is 2.37. The third kappa shape index (κ3) is 5.55. The van der Waals surface area contributed by atoms with Gasteiger partial charge in [0.1, 0.15) is 17.4 Å². The van der Waals surface area contributed by atoms with E-state index in [0.29, 0.717) is 18.9 Å². The largest absolute Gasteiger partial charge is 0.494 e. The molecule has 5 nitrogen and oxygen atoms in total. The zero-order valence-corrected chi connectivity index (χ0v) is 17.4. The summed E-state index contributed by atoms with van der Waals surface area (Å²) >= 11 is 0. The molecule has 164 valence electrons. The first-order chi connectivity index (χ1) is 14.4. The van der Waals surface area contributed by atoms with E-state index in [0.717, 1.165) is 50.4 Å². The predicted octanol–water partition coefficient (Wildman–Crippen LogP) is 6.15. The van der Waals surface area contributed by atoms with Crippen molar-refractivity contribution in [2.75, 3.05) is 18.1 Å². The number of halogens is 3. The van der Waals surface area contributed by atoms with Gasteiger partial charge in [-0.05, 0) is 51.2 Å². The monoisotopic (exact) mass is 423 g/mol. The third-order valence-corrected chi connectivity index (χ3v) is 5.04. The predicted molar refractivity (Wildman–Crippen MR) is 109 cm³/mol. The number of ether oxygens (including phenoxy) is 2. The van der Waals surface area contributed by atoms with E-state index in [1.165, 1.54) is 0 Å². The maximum Gasteiger partial charge on any atom is 0.423 e. The first-order valence-corrected chi connectivity index (χ1v) is 10.5. The number of nitrogens with zero attached hydrogens (tertiary/aromatic N) is 3. The Morgan fingerprint density at radius 1 is 1.13 bits per heavy atom. The molecule has 0 unspecified atom stereocenters. The summed E-state index contributed by atoms with van der Waals surface area (Å²) in [6.45, 7) is 4.98. The summed E-state index contributed by atoms with van der Waals surface area (Å²) in [5, 5.41) is 0. The smallest absolute Gasteiger partial charge is 0.423 e. The van der Waals surface area contributed by atoms with Gasteiger partial charge in [-0.1, -0.05) is 19.4 Å². The van der Waals surface area contributed by atoms with E-state index >= 15 is 0 Å². The maximum atomic E-state index is 13.5. The fourth-order valence-corrected chi connectivity index (χ4v) is 3.51. The lowest BCUT2D eigenvalue weighted by Gasteiger charge is -2.26. The standard InChI is InChI=1S/C22H28F3N3O2/c1-3-13-29-18-12-8-9-16(14-18)28(4-2)21-26-15-19(22(23,24)25)20(27-21)30-17-10-6-5-7-11-17/h8-9,12,14-15,17H,3-7,10-11,13H2,1-2H3. The molecule has 1 heterocycles. The first-order valence-electron chi connectivity index (χ1n) is 10.5. The summed E-state index contributed by atoms with van der Waals surface area (Å²) in [5.74, 6) is 0.471. The van der Waals surface area contributed by atoms with Crippen molar-refractivity contribution in [3.63, 3.8) is 0 Å². The molecule has 0 aliphatic heterocycles. The van der Waals surface area contributed by atoms with Gasteiger partial charge in [0.05, 0.1) is 6.61 Å². The number of aromatic nitrogens is 2. The Kier molecular flexibility index (Phi) is 7.39. The molecule has 1 aliphatic carbocycles. The second-order valence-electron chi connectivity index (χ2n) is 7.35. The summed E-state index contributed by atoms with van der Waals surface area (Å²) in [5.41, 5.74) is -0.192. The van der Waals surface area contributed by atoms with E-state index in [-0.39, 0.29) is 12.1 Å². The number of rotatable bonds is 8. The fraction of sp³-hybridized carbons (Fsp3) is 0.545. The van der Waals surface area contributed by atoms with Crippen LogP contribution in [0.15, 0.2) is 30.5 Å². The zero-order chi connectivity index (χ0) is 21.6. The summed E-state index contributed by atoms with van der Waals surface area (Å²) in [6.07, 6.45) is 1.35. The SMILES string of the molecule is CCCOc1cccc(N(CC)c2ncc(C(F)(F)F)c(OC3CCCCC3)n2)c1. The van der Waals surface area contributed by atoms with Crippen LogP contribution < -0.4 is 14.4 Å². The van der Waals surface area contributed by atoms with Crippen molar-refractivity contribution < 1.29 is 22.6 Å². The first kappa shape index (κ1) is 22.2. The molecule has 8 heteroatoms. The van der Waals surface area contributed by atoms with Gasteiger partial charge >= 0.3 is 6.18 Å². The van der Waals surface area contributed by atoms with Crippen molar-refractivity contribution in [1.29, 1.82) is 0 Å². The van der Waals surface area contributed by atoms with Crippen LogP contribution in [0.25, 0.3) is 0 Å². The van der Waals surface area contributed by atoms with Crippen molar-refractivity contribution in [3.8, 4) is 11.6 Å². The average Bonchev–Trinajstić information content (AvgIpc) is 2.73. The Hall–Kier alpha value is -2.51. The Morgan fingerprint density at radius 3 is 2.57 bits per heavy atom. The van der Waals surface area contributed by atoms with E-state index in [4.69, 9.17) is 9.47 Å². The quantitative estimate of drug-likeness (QED) is 0.509. The van der Waals surface area contributed by atoms with Crippen molar-refractivity contribution >= 4 is 11.6 Å². The Balaban J connectivity index is 1.92. The third-order valence-electron chi connectivity index (χ3n) is 5.04.